The van der Waals surface area contributed by atoms with Crippen LogP contribution in [0.4, 0.5) is 5.13 Å². The number of rotatable bonds is 5. The van der Waals surface area contributed by atoms with Crippen molar-refractivity contribution in [3.8, 4) is 5.75 Å². The van der Waals surface area contributed by atoms with E-state index < -0.39 is 0 Å². The van der Waals surface area contributed by atoms with Crippen LogP contribution in [0.3, 0.4) is 0 Å². The van der Waals surface area contributed by atoms with Crippen LogP contribution in [-0.2, 0) is 4.79 Å². The summed E-state index contributed by atoms with van der Waals surface area (Å²) in [6, 6.07) is 5.65. The number of hydrogen-bond donors (Lipinski definition) is 2. The van der Waals surface area contributed by atoms with Crippen LogP contribution in [0.5, 0.6) is 5.75 Å². The number of benzene rings is 1. The molecule has 2 N–H and O–H groups in total. The Bertz CT molecular complexity index is 553. The van der Waals surface area contributed by atoms with Gasteiger partial charge in [-0.05, 0) is 25.2 Å². The minimum absolute atomic E-state index is 0.0321. The van der Waals surface area contributed by atoms with Crippen molar-refractivity contribution in [2.24, 2.45) is 0 Å². The van der Waals surface area contributed by atoms with Gasteiger partial charge in [0.25, 0.3) is 0 Å². The number of nitrogens with one attached hydrogen (secondary N) is 2. The number of hydrogen-bond acceptors (Lipinski definition) is 5. The zero-order chi connectivity index (χ0) is 13.0. The zero-order valence-electron chi connectivity index (χ0n) is 10.3. The van der Waals surface area contributed by atoms with E-state index in [1.165, 1.54) is 11.3 Å². The lowest BCUT2D eigenvalue weighted by atomic mass is 10.3. The normalized spacial score (nSPS) is 10.6. The van der Waals surface area contributed by atoms with Crippen LogP contribution in [0.15, 0.2) is 18.2 Å². The van der Waals surface area contributed by atoms with Crippen LogP contribution in [0, 0.1) is 0 Å². The summed E-state index contributed by atoms with van der Waals surface area (Å²) < 4.78 is 6.15. The third kappa shape index (κ3) is 2.96. The van der Waals surface area contributed by atoms with Crippen LogP contribution in [0.1, 0.15) is 6.42 Å². The molecule has 0 fully saturated rings. The number of methoxy groups -OCH3 is 1. The average Bonchev–Trinajstić information content (AvgIpc) is 2.77. The molecule has 0 radical (unpaired) electrons. The standard InChI is InChI=1S/C12H15N3O2S/c1-13-6-5-11(16)15-12-14-9-4-3-8(17-2)7-10(9)18-12/h3-4,7,13H,5-6H2,1-2H3,(H,14,15,16). The van der Waals surface area contributed by atoms with E-state index in [1.54, 1.807) is 7.11 Å². The van der Waals surface area contributed by atoms with Gasteiger partial charge >= 0.3 is 0 Å². The maximum absolute atomic E-state index is 11.6. The van der Waals surface area contributed by atoms with Gasteiger partial charge in [-0.2, -0.15) is 0 Å². The van der Waals surface area contributed by atoms with Crippen molar-refractivity contribution in [1.82, 2.24) is 10.3 Å². The maximum atomic E-state index is 11.6. The Morgan fingerprint density at radius 2 is 2.33 bits per heavy atom. The molecule has 0 aliphatic heterocycles. The Morgan fingerprint density at radius 1 is 1.50 bits per heavy atom. The first kappa shape index (κ1) is 12.8. The van der Waals surface area contributed by atoms with E-state index in [9.17, 15) is 4.79 Å². The molecule has 0 unspecified atom stereocenters. The molecule has 0 aliphatic carbocycles. The third-order valence-electron chi connectivity index (χ3n) is 2.44. The van der Waals surface area contributed by atoms with Crippen molar-refractivity contribution in [2.75, 3.05) is 26.0 Å². The van der Waals surface area contributed by atoms with Crippen molar-refractivity contribution < 1.29 is 9.53 Å². The summed E-state index contributed by atoms with van der Waals surface area (Å²) >= 11 is 1.45. The van der Waals surface area contributed by atoms with Gasteiger partial charge in [0, 0.05) is 13.0 Å². The number of nitrogens with zero attached hydrogens (tertiary/aromatic N) is 1. The second kappa shape index (κ2) is 5.79. The molecule has 18 heavy (non-hydrogen) atoms. The number of thiazole rings is 1. The van der Waals surface area contributed by atoms with Gasteiger partial charge in [0.05, 0.1) is 17.3 Å². The number of aromatic nitrogens is 1. The Balaban J connectivity index is 2.12. The van der Waals surface area contributed by atoms with Crippen LogP contribution < -0.4 is 15.4 Å². The smallest absolute Gasteiger partial charge is 0.227 e. The molecule has 1 heterocycles. The van der Waals surface area contributed by atoms with E-state index in [2.05, 4.69) is 15.6 Å². The lowest BCUT2D eigenvalue weighted by Gasteiger charge is -1.99. The minimum atomic E-state index is -0.0321. The molecule has 0 spiro atoms. The van der Waals surface area contributed by atoms with Crippen molar-refractivity contribution >= 4 is 32.6 Å². The predicted octanol–water partition coefficient (Wildman–Crippen LogP) is 1.85. The summed E-state index contributed by atoms with van der Waals surface area (Å²) in [5.41, 5.74) is 0.865. The summed E-state index contributed by atoms with van der Waals surface area (Å²) in [7, 11) is 3.44. The van der Waals surface area contributed by atoms with Gasteiger partial charge in [-0.25, -0.2) is 4.98 Å². The Morgan fingerprint density at radius 3 is 3.06 bits per heavy atom. The first-order valence-corrected chi connectivity index (χ1v) is 6.43. The molecule has 1 aromatic carbocycles. The summed E-state index contributed by atoms with van der Waals surface area (Å²) in [5, 5.41) is 6.35. The highest BCUT2D eigenvalue weighted by Crippen LogP contribution is 2.29. The predicted molar refractivity (Wildman–Crippen MR) is 73.3 cm³/mol. The molecule has 0 saturated carbocycles. The molecule has 2 rings (SSSR count). The monoisotopic (exact) mass is 265 g/mol. The molecule has 6 heteroatoms. The van der Waals surface area contributed by atoms with Gasteiger partial charge in [0.1, 0.15) is 5.75 Å². The molecular formula is C12H15N3O2S. The lowest BCUT2D eigenvalue weighted by Crippen LogP contribution is -2.18. The van der Waals surface area contributed by atoms with Gasteiger partial charge in [-0.3, -0.25) is 4.79 Å². The van der Waals surface area contributed by atoms with Gasteiger partial charge in [0.15, 0.2) is 5.13 Å². The molecule has 96 valence electrons. The SMILES string of the molecule is CNCCC(=O)Nc1nc2ccc(OC)cc2s1. The molecule has 0 bridgehead atoms. The quantitative estimate of drug-likeness (QED) is 0.866. The Kier molecular flexibility index (Phi) is 4.11. The van der Waals surface area contributed by atoms with E-state index in [0.717, 1.165) is 16.0 Å². The topological polar surface area (TPSA) is 63.2 Å². The summed E-state index contributed by atoms with van der Waals surface area (Å²) in [5.74, 6) is 0.759. The zero-order valence-corrected chi connectivity index (χ0v) is 11.1. The fraction of sp³-hybridized carbons (Fsp3) is 0.333. The highest BCUT2D eigenvalue weighted by Gasteiger charge is 2.08. The number of anilines is 1. The van der Waals surface area contributed by atoms with Crippen molar-refractivity contribution in [1.29, 1.82) is 0 Å². The van der Waals surface area contributed by atoms with E-state index in [0.29, 0.717) is 18.1 Å². The number of amides is 1. The van der Waals surface area contributed by atoms with Crippen molar-refractivity contribution in [3.63, 3.8) is 0 Å². The molecular weight excluding hydrogens is 250 g/mol. The van der Waals surface area contributed by atoms with Gasteiger partial charge in [-0.15, -0.1) is 0 Å². The fourth-order valence-electron chi connectivity index (χ4n) is 1.51. The molecule has 0 atom stereocenters. The Labute approximate surface area is 109 Å². The lowest BCUT2D eigenvalue weighted by molar-refractivity contribution is -0.116. The van der Waals surface area contributed by atoms with Crippen molar-refractivity contribution in [2.45, 2.75) is 6.42 Å². The largest absolute Gasteiger partial charge is 0.497 e. The van der Waals surface area contributed by atoms with Gasteiger partial charge in [0.2, 0.25) is 5.91 Å². The average molecular weight is 265 g/mol. The summed E-state index contributed by atoms with van der Waals surface area (Å²) in [6.07, 6.45) is 0.440. The fourth-order valence-corrected chi connectivity index (χ4v) is 2.42. The molecule has 1 amide bonds. The first-order valence-electron chi connectivity index (χ1n) is 5.62. The van der Waals surface area contributed by atoms with Gasteiger partial charge < -0.3 is 15.4 Å². The number of ether oxygens (including phenoxy) is 1. The molecule has 0 saturated heterocycles. The number of carbonyl (C=O) groups excluding carboxylic acids is 1. The first-order chi connectivity index (χ1) is 8.72. The number of carbonyl (C=O) groups is 1. The van der Waals surface area contributed by atoms with Crippen LogP contribution in [0.25, 0.3) is 10.2 Å². The van der Waals surface area contributed by atoms with E-state index in [4.69, 9.17) is 4.74 Å². The molecule has 5 nitrogen and oxygen atoms in total. The van der Waals surface area contributed by atoms with E-state index in [1.807, 2.05) is 25.2 Å². The van der Waals surface area contributed by atoms with E-state index >= 15 is 0 Å². The minimum Gasteiger partial charge on any atom is -0.497 e. The molecule has 0 aliphatic rings. The molecule has 2 aromatic rings. The van der Waals surface area contributed by atoms with E-state index in [-0.39, 0.29) is 5.91 Å². The Hall–Kier alpha value is -1.66. The van der Waals surface area contributed by atoms with Gasteiger partial charge in [-0.1, -0.05) is 11.3 Å². The maximum Gasteiger partial charge on any atom is 0.227 e. The second-order valence-electron chi connectivity index (χ2n) is 3.75. The van der Waals surface area contributed by atoms with Crippen molar-refractivity contribution in [3.05, 3.63) is 18.2 Å². The third-order valence-corrected chi connectivity index (χ3v) is 3.38. The van der Waals surface area contributed by atoms with Crippen LogP contribution in [-0.4, -0.2) is 31.6 Å². The second-order valence-corrected chi connectivity index (χ2v) is 4.79. The number of fused-ring (bicyclic) bond motifs is 1. The summed E-state index contributed by atoms with van der Waals surface area (Å²) in [6.45, 7) is 0.657. The van der Waals surface area contributed by atoms with Crippen LogP contribution in [0.2, 0.25) is 0 Å². The highest BCUT2D eigenvalue weighted by atomic mass is 32.1. The van der Waals surface area contributed by atoms with Crippen LogP contribution >= 0.6 is 11.3 Å². The summed E-state index contributed by atoms with van der Waals surface area (Å²) in [4.78, 5) is 15.9. The highest BCUT2D eigenvalue weighted by molar-refractivity contribution is 7.22. The molecule has 1 aromatic heterocycles.